The van der Waals surface area contributed by atoms with Crippen LogP contribution in [-0.4, -0.2) is 12.1 Å². The molecule has 0 saturated heterocycles. The predicted octanol–water partition coefficient (Wildman–Crippen LogP) is 4.82. The van der Waals surface area contributed by atoms with Crippen molar-refractivity contribution < 1.29 is 4.74 Å². The lowest BCUT2D eigenvalue weighted by Crippen LogP contribution is -1.83. The van der Waals surface area contributed by atoms with Crippen LogP contribution in [0.5, 0.6) is 5.75 Å². The van der Waals surface area contributed by atoms with Crippen molar-refractivity contribution >= 4 is 31.4 Å². The monoisotopic (exact) mass is 309 g/mol. The number of benzene rings is 1. The number of aromatic nitrogens is 1. The second-order valence-corrected chi connectivity index (χ2v) is 7.99. The maximum atomic E-state index is 5.14. The largest absolute Gasteiger partial charge is 0.497 e. The summed E-state index contributed by atoms with van der Waals surface area (Å²) < 4.78 is 5.14. The molecule has 0 aliphatic rings. The van der Waals surface area contributed by atoms with Crippen LogP contribution in [0.4, 0.5) is 0 Å². The van der Waals surface area contributed by atoms with Crippen LogP contribution < -0.4 is 4.74 Å². The summed E-state index contributed by atoms with van der Waals surface area (Å²) >= 11 is 0. The molecule has 1 aromatic carbocycles. The summed E-state index contributed by atoms with van der Waals surface area (Å²) in [4.78, 5) is 4.30. The third-order valence-electron chi connectivity index (χ3n) is 2.41. The van der Waals surface area contributed by atoms with E-state index in [-0.39, 0.29) is 0 Å². The van der Waals surface area contributed by atoms with Gasteiger partial charge >= 0.3 is 0 Å². The molecule has 0 fully saturated rings. The van der Waals surface area contributed by atoms with Crippen LogP contribution in [-0.2, 0) is 11.5 Å². The zero-order valence-electron chi connectivity index (χ0n) is 10.6. The second kappa shape index (κ2) is 8.40. The molecule has 0 aliphatic carbocycles. The Bertz CT molecular complexity index is 476. The number of pyridine rings is 1. The fourth-order valence-corrected chi connectivity index (χ4v) is 4.94. The van der Waals surface area contributed by atoms with E-state index in [1.807, 2.05) is 61.9 Å². The maximum Gasteiger partial charge on any atom is 0.118 e. The zero-order valence-corrected chi connectivity index (χ0v) is 13.1. The average molecular weight is 309 g/mol. The molecule has 0 spiro atoms. The molecule has 19 heavy (non-hydrogen) atoms. The summed E-state index contributed by atoms with van der Waals surface area (Å²) in [5.74, 6) is 2.86. The molecule has 0 amide bonds. The van der Waals surface area contributed by atoms with Crippen molar-refractivity contribution in [1.82, 2.24) is 4.98 Å². The molecule has 1 aromatic heterocycles. The van der Waals surface area contributed by atoms with Crippen molar-refractivity contribution in [2.24, 2.45) is 0 Å². The van der Waals surface area contributed by atoms with E-state index in [1.165, 1.54) is 5.56 Å². The molecule has 1 heterocycles. The Balaban J connectivity index is 1.63. The van der Waals surface area contributed by atoms with Crippen molar-refractivity contribution in [2.45, 2.75) is 11.5 Å². The Morgan fingerprint density at radius 2 is 1.79 bits per heavy atom. The van der Waals surface area contributed by atoms with E-state index in [9.17, 15) is 0 Å². The van der Waals surface area contributed by atoms with Gasteiger partial charge in [-0.15, -0.1) is 0 Å². The number of methoxy groups -OCH3 is 1. The minimum atomic E-state index is 0.908. The van der Waals surface area contributed by atoms with Crippen molar-refractivity contribution in [3.8, 4) is 5.75 Å². The molecular formula is C14H15NOS3. The van der Waals surface area contributed by atoms with E-state index in [0.717, 1.165) is 22.9 Å². The van der Waals surface area contributed by atoms with Gasteiger partial charge in [-0.3, -0.25) is 4.98 Å². The fraction of sp³-hybridized carbons (Fsp3) is 0.214. The van der Waals surface area contributed by atoms with Crippen molar-refractivity contribution in [1.29, 1.82) is 0 Å². The predicted molar refractivity (Wildman–Crippen MR) is 87.4 cm³/mol. The van der Waals surface area contributed by atoms with Crippen LogP contribution in [0.1, 0.15) is 11.3 Å². The van der Waals surface area contributed by atoms with Gasteiger partial charge in [-0.05, 0) is 39.7 Å². The normalized spacial score (nSPS) is 10.4. The zero-order chi connectivity index (χ0) is 13.3. The van der Waals surface area contributed by atoms with Gasteiger partial charge in [-0.1, -0.05) is 39.8 Å². The summed E-state index contributed by atoms with van der Waals surface area (Å²) in [6, 6.07) is 14.2. The van der Waals surface area contributed by atoms with Crippen LogP contribution in [0.15, 0.2) is 48.7 Å². The van der Waals surface area contributed by atoms with Gasteiger partial charge in [0.05, 0.1) is 12.8 Å². The fourth-order valence-electron chi connectivity index (χ4n) is 1.42. The molecule has 0 radical (unpaired) electrons. The summed E-state index contributed by atoms with van der Waals surface area (Å²) in [5.41, 5.74) is 2.45. The minimum absolute atomic E-state index is 0.908. The molecule has 0 saturated carbocycles. The second-order valence-electron chi connectivity index (χ2n) is 3.76. The Morgan fingerprint density at radius 1 is 1.00 bits per heavy atom. The molecule has 100 valence electrons. The van der Waals surface area contributed by atoms with E-state index < -0.39 is 0 Å². The molecule has 0 N–H and O–H groups in total. The topological polar surface area (TPSA) is 22.1 Å². The van der Waals surface area contributed by atoms with Gasteiger partial charge in [0.2, 0.25) is 0 Å². The van der Waals surface area contributed by atoms with E-state index in [0.29, 0.717) is 0 Å². The van der Waals surface area contributed by atoms with Crippen LogP contribution in [0.25, 0.3) is 0 Å². The summed E-state index contributed by atoms with van der Waals surface area (Å²) in [7, 11) is 7.18. The lowest BCUT2D eigenvalue weighted by molar-refractivity contribution is 0.414. The first-order valence-corrected chi connectivity index (χ1v) is 9.64. The number of ether oxygens (including phenoxy) is 1. The summed E-state index contributed by atoms with van der Waals surface area (Å²) in [6.45, 7) is 0. The van der Waals surface area contributed by atoms with Gasteiger partial charge in [-0.2, -0.15) is 0 Å². The summed E-state index contributed by atoms with van der Waals surface area (Å²) in [5, 5.41) is 0. The Labute approximate surface area is 125 Å². The van der Waals surface area contributed by atoms with Gasteiger partial charge in [-0.25, -0.2) is 0 Å². The molecule has 2 aromatic rings. The standard InChI is InChI=1S/C14H15NOS3/c1-16-14-7-5-12(6-8-14)10-17-19-18-11-13-4-2-3-9-15-13/h2-9H,10-11H2,1H3. The first-order chi connectivity index (χ1) is 9.38. The molecule has 2 rings (SSSR count). The van der Waals surface area contributed by atoms with Crippen molar-refractivity contribution in [2.75, 3.05) is 7.11 Å². The van der Waals surface area contributed by atoms with Gasteiger partial charge in [0.15, 0.2) is 0 Å². The lowest BCUT2D eigenvalue weighted by Gasteiger charge is -2.03. The number of hydrogen-bond donors (Lipinski definition) is 0. The smallest absolute Gasteiger partial charge is 0.118 e. The van der Waals surface area contributed by atoms with E-state index in [2.05, 4.69) is 23.2 Å². The highest BCUT2D eigenvalue weighted by atomic mass is 33.5. The van der Waals surface area contributed by atoms with Crippen LogP contribution in [0, 0.1) is 0 Å². The number of rotatable bonds is 7. The van der Waals surface area contributed by atoms with Crippen LogP contribution >= 0.6 is 31.4 Å². The van der Waals surface area contributed by atoms with E-state index >= 15 is 0 Å². The first-order valence-electron chi connectivity index (χ1n) is 5.82. The van der Waals surface area contributed by atoms with Crippen molar-refractivity contribution in [3.05, 3.63) is 59.9 Å². The van der Waals surface area contributed by atoms with Crippen molar-refractivity contribution in [3.63, 3.8) is 0 Å². The van der Waals surface area contributed by atoms with Crippen LogP contribution in [0.2, 0.25) is 0 Å². The minimum Gasteiger partial charge on any atom is -0.497 e. The Hall–Kier alpha value is -0.780. The molecule has 2 nitrogen and oxygen atoms in total. The van der Waals surface area contributed by atoms with Gasteiger partial charge < -0.3 is 4.74 Å². The Morgan fingerprint density at radius 3 is 2.47 bits per heavy atom. The quantitative estimate of drug-likeness (QED) is 0.538. The molecule has 0 bridgehead atoms. The lowest BCUT2D eigenvalue weighted by atomic mass is 10.2. The number of nitrogens with zero attached hydrogens (tertiary/aromatic N) is 1. The third-order valence-corrected chi connectivity index (χ3v) is 6.49. The number of hydrogen-bond acceptors (Lipinski definition) is 5. The van der Waals surface area contributed by atoms with E-state index in [4.69, 9.17) is 4.74 Å². The van der Waals surface area contributed by atoms with E-state index in [1.54, 1.807) is 7.11 Å². The SMILES string of the molecule is COc1ccc(CSSSCc2ccccn2)cc1. The Kier molecular flexibility index (Phi) is 6.47. The van der Waals surface area contributed by atoms with Gasteiger partial charge in [0, 0.05) is 17.7 Å². The molecule has 0 atom stereocenters. The molecular weight excluding hydrogens is 294 g/mol. The highest BCUT2D eigenvalue weighted by Crippen LogP contribution is 2.38. The van der Waals surface area contributed by atoms with Gasteiger partial charge in [0.1, 0.15) is 5.75 Å². The average Bonchev–Trinajstić information content (AvgIpc) is 2.49. The molecule has 0 unspecified atom stereocenters. The van der Waals surface area contributed by atoms with Crippen LogP contribution in [0.3, 0.4) is 0 Å². The molecule has 0 aliphatic heterocycles. The maximum absolute atomic E-state index is 5.14. The third kappa shape index (κ3) is 5.38. The highest BCUT2D eigenvalue weighted by molar-refractivity contribution is 9.09. The first kappa shape index (κ1) is 14.6. The van der Waals surface area contributed by atoms with Gasteiger partial charge in [0.25, 0.3) is 0 Å². The summed E-state index contributed by atoms with van der Waals surface area (Å²) in [6.07, 6.45) is 1.84. The highest BCUT2D eigenvalue weighted by Gasteiger charge is 1.98. The molecule has 5 heteroatoms.